The smallest absolute Gasteiger partial charge is 0.235 e. The van der Waals surface area contributed by atoms with E-state index in [0.29, 0.717) is 6.07 Å². The normalized spacial score (nSPS) is 12.3. The van der Waals surface area contributed by atoms with Crippen LogP contribution >= 0.6 is 31.9 Å². The third-order valence-corrected chi connectivity index (χ3v) is 3.41. The first kappa shape index (κ1) is 12.8. The van der Waals surface area contributed by atoms with Crippen molar-refractivity contribution in [2.75, 3.05) is 0 Å². The summed E-state index contributed by atoms with van der Waals surface area (Å²) >= 11 is 5.39. The molecule has 0 saturated heterocycles. The van der Waals surface area contributed by atoms with Gasteiger partial charge in [0.15, 0.2) is 0 Å². The van der Waals surface area contributed by atoms with E-state index in [1.807, 2.05) is 0 Å². The maximum atomic E-state index is 12.3. The van der Waals surface area contributed by atoms with Gasteiger partial charge in [-0.15, -0.1) is 0 Å². The molecular formula is C7H2Br2F5N. The van der Waals surface area contributed by atoms with Crippen LogP contribution in [0.5, 0.6) is 0 Å². The largest absolute Gasteiger partial charge is 0.433 e. The second-order valence-electron chi connectivity index (χ2n) is 2.50. The maximum absolute atomic E-state index is 12.3. The number of rotatable bonds is 1. The van der Waals surface area contributed by atoms with E-state index in [0.717, 1.165) is 0 Å². The average molecular weight is 355 g/mol. The van der Waals surface area contributed by atoms with E-state index in [-0.39, 0.29) is 9.08 Å². The van der Waals surface area contributed by atoms with E-state index < -0.39 is 23.9 Å². The van der Waals surface area contributed by atoms with Crippen molar-refractivity contribution in [1.82, 2.24) is 4.98 Å². The summed E-state index contributed by atoms with van der Waals surface area (Å²) in [6.07, 6.45) is -7.74. The third-order valence-electron chi connectivity index (χ3n) is 1.47. The minimum absolute atomic E-state index is 0.175. The molecule has 1 nitrogen and oxygen atoms in total. The molecule has 0 spiro atoms. The van der Waals surface area contributed by atoms with Crippen LogP contribution in [0.25, 0.3) is 0 Å². The first-order valence-electron chi connectivity index (χ1n) is 3.44. The summed E-state index contributed by atoms with van der Waals surface area (Å²) in [6.45, 7) is 0. The monoisotopic (exact) mass is 353 g/mol. The lowest BCUT2D eigenvalue weighted by atomic mass is 10.2. The topological polar surface area (TPSA) is 12.9 Å². The summed E-state index contributed by atoms with van der Waals surface area (Å²) in [6, 6.07) is 0.319. The molecule has 0 bridgehead atoms. The Bertz CT molecular complexity index is 376. The minimum Gasteiger partial charge on any atom is -0.235 e. The second-order valence-corrected chi connectivity index (χ2v) is 4.04. The van der Waals surface area contributed by atoms with Gasteiger partial charge >= 0.3 is 6.18 Å². The van der Waals surface area contributed by atoms with Crippen molar-refractivity contribution in [2.45, 2.75) is 12.6 Å². The van der Waals surface area contributed by atoms with E-state index >= 15 is 0 Å². The summed E-state index contributed by atoms with van der Waals surface area (Å²) in [4.78, 5) is 3.10. The SMILES string of the molecule is FC(F)c1cc(C(F)(F)F)nc(Br)c1Br. The number of alkyl halides is 5. The molecule has 0 aliphatic heterocycles. The Hall–Kier alpha value is -0.240. The Morgan fingerprint density at radius 3 is 2.13 bits per heavy atom. The van der Waals surface area contributed by atoms with Crippen molar-refractivity contribution in [2.24, 2.45) is 0 Å². The van der Waals surface area contributed by atoms with E-state index in [4.69, 9.17) is 0 Å². The summed E-state index contributed by atoms with van der Waals surface area (Å²) in [7, 11) is 0. The van der Waals surface area contributed by atoms with Crippen LogP contribution in [0.15, 0.2) is 15.1 Å². The zero-order valence-electron chi connectivity index (χ0n) is 6.75. The molecular weight excluding hydrogens is 353 g/mol. The van der Waals surface area contributed by atoms with Gasteiger partial charge in [0, 0.05) is 5.56 Å². The summed E-state index contributed by atoms with van der Waals surface area (Å²) in [5, 5.41) is 0. The van der Waals surface area contributed by atoms with Crippen molar-refractivity contribution in [1.29, 1.82) is 0 Å². The van der Waals surface area contributed by atoms with Gasteiger partial charge in [0.1, 0.15) is 10.3 Å². The first-order valence-corrected chi connectivity index (χ1v) is 5.03. The standard InChI is InChI=1S/C7H2Br2F5N/c8-4-2(6(10)11)1-3(7(12,13)14)15-5(4)9/h1,6H. The Morgan fingerprint density at radius 1 is 1.20 bits per heavy atom. The number of hydrogen-bond acceptors (Lipinski definition) is 1. The molecule has 0 aromatic carbocycles. The third kappa shape index (κ3) is 2.87. The number of halogens is 7. The van der Waals surface area contributed by atoms with Crippen molar-refractivity contribution in [3.05, 3.63) is 26.4 Å². The van der Waals surface area contributed by atoms with Crippen LogP contribution in [0.1, 0.15) is 17.7 Å². The molecule has 0 unspecified atom stereocenters. The van der Waals surface area contributed by atoms with Crippen LogP contribution in [0, 0.1) is 0 Å². The predicted octanol–water partition coefficient (Wildman–Crippen LogP) is 4.56. The highest BCUT2D eigenvalue weighted by atomic mass is 79.9. The highest BCUT2D eigenvalue weighted by Crippen LogP contribution is 2.37. The highest BCUT2D eigenvalue weighted by molar-refractivity contribution is 9.13. The fourth-order valence-electron chi connectivity index (χ4n) is 0.821. The van der Waals surface area contributed by atoms with E-state index in [2.05, 4.69) is 36.8 Å². The molecule has 0 fully saturated rings. The van der Waals surface area contributed by atoms with Gasteiger partial charge in [-0.25, -0.2) is 13.8 Å². The molecule has 1 aromatic rings. The Balaban J connectivity index is 3.36. The van der Waals surface area contributed by atoms with Gasteiger partial charge in [0.2, 0.25) is 0 Å². The maximum Gasteiger partial charge on any atom is 0.433 e. The van der Waals surface area contributed by atoms with E-state index in [9.17, 15) is 22.0 Å². The van der Waals surface area contributed by atoms with Crippen molar-refractivity contribution < 1.29 is 22.0 Å². The zero-order valence-corrected chi connectivity index (χ0v) is 9.92. The van der Waals surface area contributed by atoms with Crippen LogP contribution in [0.4, 0.5) is 22.0 Å². The van der Waals surface area contributed by atoms with Crippen molar-refractivity contribution >= 4 is 31.9 Å². The number of hydrogen-bond donors (Lipinski definition) is 0. The minimum atomic E-state index is -4.74. The molecule has 0 saturated carbocycles. The molecule has 1 heterocycles. The van der Waals surface area contributed by atoms with E-state index in [1.54, 1.807) is 0 Å². The molecule has 15 heavy (non-hydrogen) atoms. The first-order chi connectivity index (χ1) is 6.73. The van der Waals surface area contributed by atoms with Gasteiger partial charge in [-0.1, -0.05) is 0 Å². The number of aromatic nitrogens is 1. The fraction of sp³-hybridized carbons (Fsp3) is 0.286. The molecule has 8 heteroatoms. The van der Waals surface area contributed by atoms with Gasteiger partial charge < -0.3 is 0 Å². The van der Waals surface area contributed by atoms with Crippen molar-refractivity contribution in [3.8, 4) is 0 Å². The zero-order chi connectivity index (χ0) is 11.8. The van der Waals surface area contributed by atoms with Crippen LogP contribution in [0.2, 0.25) is 0 Å². The number of pyridine rings is 1. The lowest BCUT2D eigenvalue weighted by Crippen LogP contribution is -2.09. The van der Waals surface area contributed by atoms with Gasteiger partial charge in [0.25, 0.3) is 6.43 Å². The lowest BCUT2D eigenvalue weighted by molar-refractivity contribution is -0.141. The number of nitrogens with zero attached hydrogens (tertiary/aromatic N) is 1. The Kier molecular flexibility index (Phi) is 3.70. The van der Waals surface area contributed by atoms with Gasteiger partial charge in [-0.05, 0) is 37.9 Å². The average Bonchev–Trinajstić information content (AvgIpc) is 2.06. The fourth-order valence-corrected chi connectivity index (χ4v) is 1.62. The van der Waals surface area contributed by atoms with E-state index in [1.165, 1.54) is 0 Å². The molecule has 0 atom stereocenters. The Morgan fingerprint density at radius 2 is 1.73 bits per heavy atom. The predicted molar refractivity (Wildman–Crippen MR) is 49.6 cm³/mol. The molecule has 1 aromatic heterocycles. The molecule has 0 radical (unpaired) electrons. The van der Waals surface area contributed by atoms with Crippen LogP contribution in [-0.4, -0.2) is 4.98 Å². The van der Waals surface area contributed by atoms with Crippen LogP contribution < -0.4 is 0 Å². The summed E-state index contributed by atoms with van der Waals surface area (Å²) in [5.74, 6) is 0. The molecule has 1 rings (SSSR count). The quantitative estimate of drug-likeness (QED) is 0.532. The van der Waals surface area contributed by atoms with Gasteiger partial charge in [-0.2, -0.15) is 13.2 Å². The second kappa shape index (κ2) is 4.32. The van der Waals surface area contributed by atoms with Crippen LogP contribution in [0.3, 0.4) is 0 Å². The Labute approximate surface area is 97.9 Å². The van der Waals surface area contributed by atoms with Gasteiger partial charge in [-0.3, -0.25) is 0 Å². The van der Waals surface area contributed by atoms with Crippen LogP contribution in [-0.2, 0) is 6.18 Å². The summed E-state index contributed by atoms with van der Waals surface area (Å²) in [5.41, 5.74) is -2.10. The van der Waals surface area contributed by atoms with Gasteiger partial charge in [0.05, 0.1) is 4.47 Å². The van der Waals surface area contributed by atoms with Crippen molar-refractivity contribution in [3.63, 3.8) is 0 Å². The summed E-state index contributed by atoms with van der Waals surface area (Å²) < 4.78 is 60.8. The molecule has 84 valence electrons. The molecule has 0 N–H and O–H groups in total. The molecule has 0 aliphatic carbocycles. The lowest BCUT2D eigenvalue weighted by Gasteiger charge is -2.10. The highest BCUT2D eigenvalue weighted by Gasteiger charge is 2.34. The molecule has 0 amide bonds. The molecule has 0 aliphatic rings.